The van der Waals surface area contributed by atoms with E-state index in [0.717, 1.165) is 24.2 Å². The fourth-order valence-corrected chi connectivity index (χ4v) is 3.55. The van der Waals surface area contributed by atoms with E-state index in [4.69, 9.17) is 0 Å². The molecule has 0 saturated heterocycles. The van der Waals surface area contributed by atoms with E-state index < -0.39 is 0 Å². The number of carbonyl (C=O) groups is 1. The fraction of sp³-hybridized carbons (Fsp3) is 0.211. The SMILES string of the molecule is CCCn1c(SCC(=O)c2ccc(O)cc2O)nc2ccccc2c1=O. The quantitative estimate of drug-likeness (QED) is 0.393. The molecule has 0 fully saturated rings. The third-order valence-electron chi connectivity index (χ3n) is 3.89. The monoisotopic (exact) mass is 370 g/mol. The molecule has 2 aromatic carbocycles. The summed E-state index contributed by atoms with van der Waals surface area (Å²) in [7, 11) is 0. The first kappa shape index (κ1) is 18.0. The van der Waals surface area contributed by atoms with Crippen LogP contribution >= 0.6 is 11.8 Å². The minimum Gasteiger partial charge on any atom is -0.508 e. The highest BCUT2D eigenvalue weighted by Gasteiger charge is 2.16. The number of phenolic OH excluding ortho intramolecular Hbond substituents is 2. The Labute approximate surface area is 154 Å². The number of ketones is 1. The lowest BCUT2D eigenvalue weighted by molar-refractivity contribution is 0.102. The van der Waals surface area contributed by atoms with Gasteiger partial charge in [-0.15, -0.1) is 0 Å². The number of rotatable bonds is 6. The van der Waals surface area contributed by atoms with Crippen LogP contribution in [0.15, 0.2) is 52.4 Å². The van der Waals surface area contributed by atoms with Crippen LogP contribution in [-0.2, 0) is 6.54 Å². The lowest BCUT2D eigenvalue weighted by Gasteiger charge is -2.12. The van der Waals surface area contributed by atoms with Crippen molar-refractivity contribution in [1.82, 2.24) is 9.55 Å². The van der Waals surface area contributed by atoms with Gasteiger partial charge in [0, 0.05) is 12.6 Å². The zero-order valence-corrected chi connectivity index (χ0v) is 15.0. The number of carbonyl (C=O) groups excluding carboxylic acids is 1. The summed E-state index contributed by atoms with van der Waals surface area (Å²) in [4.78, 5) is 29.6. The lowest BCUT2D eigenvalue weighted by atomic mass is 10.1. The molecule has 0 saturated carbocycles. The Kier molecular flexibility index (Phi) is 5.27. The Morgan fingerprint density at radius 2 is 1.96 bits per heavy atom. The Hall–Kier alpha value is -2.80. The van der Waals surface area contributed by atoms with Crippen LogP contribution in [0.2, 0.25) is 0 Å². The number of fused-ring (bicyclic) bond motifs is 1. The lowest BCUT2D eigenvalue weighted by Crippen LogP contribution is -2.23. The largest absolute Gasteiger partial charge is 0.508 e. The van der Waals surface area contributed by atoms with E-state index >= 15 is 0 Å². The maximum atomic E-state index is 12.7. The smallest absolute Gasteiger partial charge is 0.262 e. The third kappa shape index (κ3) is 3.57. The summed E-state index contributed by atoms with van der Waals surface area (Å²) in [6.07, 6.45) is 0.764. The molecule has 6 nitrogen and oxygen atoms in total. The highest BCUT2D eigenvalue weighted by molar-refractivity contribution is 7.99. The van der Waals surface area contributed by atoms with Gasteiger partial charge in [0.05, 0.1) is 22.2 Å². The number of hydrogen-bond acceptors (Lipinski definition) is 6. The van der Waals surface area contributed by atoms with Crippen molar-refractivity contribution >= 4 is 28.4 Å². The Morgan fingerprint density at radius 1 is 1.19 bits per heavy atom. The molecule has 0 atom stereocenters. The molecule has 3 rings (SSSR count). The van der Waals surface area contributed by atoms with Gasteiger partial charge in [-0.3, -0.25) is 14.2 Å². The third-order valence-corrected chi connectivity index (χ3v) is 4.86. The average molecular weight is 370 g/mol. The van der Waals surface area contributed by atoms with Gasteiger partial charge < -0.3 is 10.2 Å². The highest BCUT2D eigenvalue weighted by atomic mass is 32.2. The minimum absolute atomic E-state index is 0.0207. The Bertz CT molecular complexity index is 1030. The van der Waals surface area contributed by atoms with E-state index in [1.54, 1.807) is 22.8 Å². The van der Waals surface area contributed by atoms with Crippen molar-refractivity contribution in [2.75, 3.05) is 5.75 Å². The van der Waals surface area contributed by atoms with Crippen molar-refractivity contribution in [3.8, 4) is 11.5 Å². The fourth-order valence-electron chi connectivity index (χ4n) is 2.64. The number of Topliss-reactive ketones (excluding diaryl/α,β-unsaturated/α-hetero) is 1. The summed E-state index contributed by atoms with van der Waals surface area (Å²) < 4.78 is 1.58. The summed E-state index contributed by atoms with van der Waals surface area (Å²) in [5, 5.41) is 20.2. The summed E-state index contributed by atoms with van der Waals surface area (Å²) in [6.45, 7) is 2.48. The van der Waals surface area contributed by atoms with Crippen molar-refractivity contribution in [3.05, 3.63) is 58.4 Å². The van der Waals surface area contributed by atoms with Gasteiger partial charge in [0.25, 0.3) is 5.56 Å². The predicted molar refractivity (Wildman–Crippen MR) is 101 cm³/mol. The summed E-state index contributed by atoms with van der Waals surface area (Å²) in [6, 6.07) is 11.0. The second-order valence-electron chi connectivity index (χ2n) is 5.78. The van der Waals surface area contributed by atoms with Crippen LogP contribution in [0, 0.1) is 0 Å². The van der Waals surface area contributed by atoms with Crippen LogP contribution in [0.1, 0.15) is 23.7 Å². The predicted octanol–water partition coefficient (Wildman–Crippen LogP) is 3.19. The van der Waals surface area contributed by atoms with E-state index in [0.29, 0.717) is 22.6 Å². The molecule has 1 aromatic heterocycles. The molecule has 134 valence electrons. The van der Waals surface area contributed by atoms with Crippen LogP contribution in [0.25, 0.3) is 10.9 Å². The van der Waals surface area contributed by atoms with Crippen LogP contribution in [0.5, 0.6) is 11.5 Å². The summed E-state index contributed by atoms with van der Waals surface area (Å²) in [5.41, 5.74) is 0.590. The second-order valence-corrected chi connectivity index (χ2v) is 6.72. The molecular weight excluding hydrogens is 352 g/mol. The summed E-state index contributed by atoms with van der Waals surface area (Å²) >= 11 is 1.16. The first-order valence-electron chi connectivity index (χ1n) is 8.18. The molecule has 0 aliphatic rings. The van der Waals surface area contributed by atoms with Gasteiger partial charge in [0.2, 0.25) is 0 Å². The number of hydrogen-bond donors (Lipinski definition) is 2. The van der Waals surface area contributed by atoms with Gasteiger partial charge in [-0.25, -0.2) is 4.98 Å². The van der Waals surface area contributed by atoms with Crippen molar-refractivity contribution in [1.29, 1.82) is 0 Å². The maximum absolute atomic E-state index is 12.7. The first-order valence-corrected chi connectivity index (χ1v) is 9.17. The van der Waals surface area contributed by atoms with E-state index in [1.807, 2.05) is 13.0 Å². The molecule has 0 unspecified atom stereocenters. The standard InChI is InChI=1S/C19H18N2O4S/c1-2-9-21-18(25)13-5-3-4-6-15(13)20-19(21)26-11-17(24)14-8-7-12(22)10-16(14)23/h3-8,10,22-23H,2,9,11H2,1H3. The molecule has 0 bridgehead atoms. The van der Waals surface area contributed by atoms with E-state index in [2.05, 4.69) is 4.98 Å². The zero-order valence-electron chi connectivity index (χ0n) is 14.2. The topological polar surface area (TPSA) is 92.4 Å². The Morgan fingerprint density at radius 3 is 2.69 bits per heavy atom. The van der Waals surface area contributed by atoms with Crippen LogP contribution < -0.4 is 5.56 Å². The number of nitrogens with zero attached hydrogens (tertiary/aromatic N) is 2. The molecule has 0 radical (unpaired) electrons. The van der Waals surface area contributed by atoms with Crippen LogP contribution in [0.4, 0.5) is 0 Å². The molecule has 0 aliphatic heterocycles. The molecule has 2 N–H and O–H groups in total. The molecule has 0 spiro atoms. The van der Waals surface area contributed by atoms with E-state index in [1.165, 1.54) is 12.1 Å². The molecule has 0 amide bonds. The van der Waals surface area contributed by atoms with Crippen molar-refractivity contribution in [3.63, 3.8) is 0 Å². The number of para-hydroxylation sites is 1. The van der Waals surface area contributed by atoms with E-state index in [9.17, 15) is 19.8 Å². The molecule has 0 aliphatic carbocycles. The molecule has 7 heteroatoms. The number of benzene rings is 2. The number of phenols is 2. The molecular formula is C19H18N2O4S. The number of aromatic nitrogens is 2. The second kappa shape index (κ2) is 7.61. The van der Waals surface area contributed by atoms with Gasteiger partial charge in [0.1, 0.15) is 11.5 Å². The van der Waals surface area contributed by atoms with Crippen molar-refractivity contribution in [2.45, 2.75) is 25.0 Å². The zero-order chi connectivity index (χ0) is 18.7. The molecule has 3 aromatic rings. The molecule has 1 heterocycles. The van der Waals surface area contributed by atoms with Gasteiger partial charge >= 0.3 is 0 Å². The first-order chi connectivity index (χ1) is 12.5. The van der Waals surface area contributed by atoms with Gasteiger partial charge in [-0.1, -0.05) is 30.8 Å². The Balaban J connectivity index is 1.91. The maximum Gasteiger partial charge on any atom is 0.262 e. The van der Waals surface area contributed by atoms with Crippen LogP contribution in [0.3, 0.4) is 0 Å². The van der Waals surface area contributed by atoms with Gasteiger partial charge in [0.15, 0.2) is 10.9 Å². The van der Waals surface area contributed by atoms with Crippen molar-refractivity contribution in [2.24, 2.45) is 0 Å². The van der Waals surface area contributed by atoms with Gasteiger partial charge in [-0.05, 0) is 30.7 Å². The average Bonchev–Trinajstić information content (AvgIpc) is 2.62. The van der Waals surface area contributed by atoms with Gasteiger partial charge in [-0.2, -0.15) is 0 Å². The normalized spacial score (nSPS) is 11.0. The summed E-state index contributed by atoms with van der Waals surface area (Å²) in [5.74, 6) is -0.669. The van der Waals surface area contributed by atoms with Crippen LogP contribution in [-0.4, -0.2) is 31.3 Å². The number of thioether (sulfide) groups is 1. The van der Waals surface area contributed by atoms with E-state index in [-0.39, 0.29) is 34.2 Å². The molecule has 26 heavy (non-hydrogen) atoms. The highest BCUT2D eigenvalue weighted by Crippen LogP contribution is 2.25. The minimum atomic E-state index is -0.307. The van der Waals surface area contributed by atoms with Crippen molar-refractivity contribution < 1.29 is 15.0 Å². The number of aromatic hydroxyl groups is 2.